The molecule has 1 amide bonds. The number of rotatable bonds is 4. The summed E-state index contributed by atoms with van der Waals surface area (Å²) in [5.74, 6) is -0.950. The molecule has 0 fully saturated rings. The van der Waals surface area contributed by atoms with Crippen molar-refractivity contribution in [1.82, 2.24) is 9.97 Å². The second kappa shape index (κ2) is 7.43. The van der Waals surface area contributed by atoms with Gasteiger partial charge >= 0.3 is 6.18 Å². The molecule has 0 unspecified atom stereocenters. The standard InChI is InChI=1S/C18H13F4N3OS/c1-10-14(8-11-4-2-3-5-13(11)19)27-17(24-10)25-16(26)12-6-7-15(23-9-12)18(20,21)22/h2-7,9H,8H2,1H3,(H,24,25,26). The zero-order chi connectivity index (χ0) is 19.6. The van der Waals surface area contributed by atoms with E-state index in [-0.39, 0.29) is 16.5 Å². The molecule has 0 saturated heterocycles. The van der Waals surface area contributed by atoms with Crippen molar-refractivity contribution in [3.63, 3.8) is 0 Å². The number of aromatic nitrogens is 2. The summed E-state index contributed by atoms with van der Waals surface area (Å²) in [6.45, 7) is 1.74. The summed E-state index contributed by atoms with van der Waals surface area (Å²) < 4.78 is 51.4. The number of alkyl halides is 3. The van der Waals surface area contributed by atoms with Crippen LogP contribution in [-0.2, 0) is 12.6 Å². The molecule has 0 atom stereocenters. The molecule has 0 aliphatic carbocycles. The Labute approximate surface area is 155 Å². The van der Waals surface area contributed by atoms with E-state index in [9.17, 15) is 22.4 Å². The van der Waals surface area contributed by atoms with Crippen LogP contribution in [0.15, 0.2) is 42.6 Å². The van der Waals surface area contributed by atoms with Crippen LogP contribution in [0.2, 0.25) is 0 Å². The molecule has 0 aliphatic rings. The van der Waals surface area contributed by atoms with E-state index in [1.165, 1.54) is 17.4 Å². The maximum absolute atomic E-state index is 13.8. The van der Waals surface area contributed by atoms with Crippen molar-refractivity contribution in [2.75, 3.05) is 5.32 Å². The molecule has 1 aromatic carbocycles. The summed E-state index contributed by atoms with van der Waals surface area (Å²) in [6.07, 6.45) is -3.38. The molecule has 0 radical (unpaired) electrons. The number of pyridine rings is 1. The highest BCUT2D eigenvalue weighted by molar-refractivity contribution is 7.15. The Balaban J connectivity index is 1.73. The number of aryl methyl sites for hydroxylation is 1. The lowest BCUT2D eigenvalue weighted by atomic mass is 10.1. The number of carbonyl (C=O) groups is 1. The van der Waals surface area contributed by atoms with Gasteiger partial charge in [0, 0.05) is 17.5 Å². The third-order valence-corrected chi connectivity index (χ3v) is 4.81. The summed E-state index contributed by atoms with van der Waals surface area (Å²) in [6, 6.07) is 8.15. The fourth-order valence-electron chi connectivity index (χ4n) is 2.33. The minimum absolute atomic E-state index is 0.0218. The van der Waals surface area contributed by atoms with E-state index < -0.39 is 17.8 Å². The monoisotopic (exact) mass is 395 g/mol. The van der Waals surface area contributed by atoms with Crippen LogP contribution < -0.4 is 5.32 Å². The Morgan fingerprint density at radius 3 is 2.56 bits per heavy atom. The minimum atomic E-state index is -4.57. The van der Waals surface area contributed by atoms with Gasteiger partial charge in [-0.15, -0.1) is 11.3 Å². The van der Waals surface area contributed by atoms with E-state index in [1.54, 1.807) is 25.1 Å². The lowest BCUT2D eigenvalue weighted by molar-refractivity contribution is -0.141. The number of halogens is 4. The highest BCUT2D eigenvalue weighted by Crippen LogP contribution is 2.28. The van der Waals surface area contributed by atoms with Crippen LogP contribution in [0.1, 0.15) is 32.2 Å². The van der Waals surface area contributed by atoms with Crippen molar-refractivity contribution < 1.29 is 22.4 Å². The van der Waals surface area contributed by atoms with Crippen molar-refractivity contribution in [2.24, 2.45) is 0 Å². The van der Waals surface area contributed by atoms with Gasteiger partial charge in [0.1, 0.15) is 11.5 Å². The zero-order valence-corrected chi connectivity index (χ0v) is 14.8. The van der Waals surface area contributed by atoms with Gasteiger partial charge in [0.05, 0.1) is 11.3 Å². The Morgan fingerprint density at radius 2 is 1.93 bits per heavy atom. The molecule has 3 rings (SSSR count). The normalized spacial score (nSPS) is 11.4. The number of nitrogens with one attached hydrogen (secondary N) is 1. The summed E-state index contributed by atoms with van der Waals surface area (Å²) in [5.41, 5.74) is 0.0565. The van der Waals surface area contributed by atoms with E-state index in [0.717, 1.165) is 23.2 Å². The van der Waals surface area contributed by atoms with Crippen LogP contribution in [0, 0.1) is 12.7 Å². The Hall–Kier alpha value is -2.81. The van der Waals surface area contributed by atoms with E-state index in [1.807, 2.05) is 0 Å². The molecule has 0 spiro atoms. The van der Waals surface area contributed by atoms with Crippen LogP contribution in [0.4, 0.5) is 22.7 Å². The van der Waals surface area contributed by atoms with Crippen LogP contribution >= 0.6 is 11.3 Å². The smallest absolute Gasteiger partial charge is 0.298 e. The van der Waals surface area contributed by atoms with Gasteiger partial charge < -0.3 is 0 Å². The predicted molar refractivity (Wildman–Crippen MR) is 93.2 cm³/mol. The topological polar surface area (TPSA) is 54.9 Å². The van der Waals surface area contributed by atoms with E-state index in [0.29, 0.717) is 17.7 Å². The van der Waals surface area contributed by atoms with Gasteiger partial charge in [0.2, 0.25) is 0 Å². The molecule has 9 heteroatoms. The van der Waals surface area contributed by atoms with Crippen molar-refractivity contribution in [2.45, 2.75) is 19.5 Å². The maximum Gasteiger partial charge on any atom is 0.433 e. The van der Waals surface area contributed by atoms with E-state index >= 15 is 0 Å². The molecule has 140 valence electrons. The Kier molecular flexibility index (Phi) is 5.22. The number of hydrogen-bond acceptors (Lipinski definition) is 4. The molecular weight excluding hydrogens is 382 g/mol. The van der Waals surface area contributed by atoms with Crippen LogP contribution in [-0.4, -0.2) is 15.9 Å². The fraction of sp³-hybridized carbons (Fsp3) is 0.167. The number of thiazole rings is 1. The third-order valence-electron chi connectivity index (χ3n) is 3.74. The number of hydrogen-bond donors (Lipinski definition) is 1. The van der Waals surface area contributed by atoms with Gasteiger partial charge in [-0.2, -0.15) is 13.2 Å². The Morgan fingerprint density at radius 1 is 1.19 bits per heavy atom. The third kappa shape index (κ3) is 4.48. The largest absolute Gasteiger partial charge is 0.433 e. The van der Waals surface area contributed by atoms with Crippen LogP contribution in [0.5, 0.6) is 0 Å². The molecule has 2 aromatic heterocycles. The predicted octanol–water partition coefficient (Wildman–Crippen LogP) is 4.85. The van der Waals surface area contributed by atoms with Gasteiger partial charge in [-0.05, 0) is 30.7 Å². The molecule has 0 bridgehead atoms. The minimum Gasteiger partial charge on any atom is -0.298 e. The SMILES string of the molecule is Cc1nc(NC(=O)c2ccc(C(F)(F)F)nc2)sc1Cc1ccccc1F. The second-order valence-corrected chi connectivity index (χ2v) is 6.76. The number of benzene rings is 1. The van der Waals surface area contributed by atoms with Crippen molar-refractivity contribution in [3.8, 4) is 0 Å². The highest BCUT2D eigenvalue weighted by atomic mass is 32.1. The van der Waals surface area contributed by atoms with Crippen molar-refractivity contribution in [3.05, 3.63) is 75.8 Å². The number of anilines is 1. The lowest BCUT2D eigenvalue weighted by Gasteiger charge is -2.06. The van der Waals surface area contributed by atoms with Gasteiger partial charge in [-0.1, -0.05) is 18.2 Å². The average Bonchev–Trinajstić information content (AvgIpc) is 2.95. The zero-order valence-electron chi connectivity index (χ0n) is 14.0. The van der Waals surface area contributed by atoms with Gasteiger partial charge in [-0.3, -0.25) is 15.1 Å². The van der Waals surface area contributed by atoms with E-state index in [2.05, 4.69) is 15.3 Å². The summed E-state index contributed by atoms with van der Waals surface area (Å²) in [7, 11) is 0. The van der Waals surface area contributed by atoms with Crippen molar-refractivity contribution >= 4 is 22.4 Å². The Bertz CT molecular complexity index is 967. The summed E-state index contributed by atoms with van der Waals surface area (Å²) in [5, 5.41) is 2.81. The number of amides is 1. The van der Waals surface area contributed by atoms with Crippen molar-refractivity contribution in [1.29, 1.82) is 0 Å². The number of nitrogens with zero attached hydrogens (tertiary/aromatic N) is 2. The fourth-order valence-corrected chi connectivity index (χ4v) is 3.31. The number of carbonyl (C=O) groups excluding carboxylic acids is 1. The second-order valence-electron chi connectivity index (χ2n) is 5.68. The molecular formula is C18H13F4N3OS. The van der Waals surface area contributed by atoms with Crippen LogP contribution in [0.3, 0.4) is 0 Å². The lowest BCUT2D eigenvalue weighted by Crippen LogP contribution is -2.14. The molecule has 27 heavy (non-hydrogen) atoms. The quantitative estimate of drug-likeness (QED) is 0.643. The van der Waals surface area contributed by atoms with Gasteiger partial charge in [-0.25, -0.2) is 9.37 Å². The molecule has 4 nitrogen and oxygen atoms in total. The molecule has 3 aromatic rings. The molecule has 1 N–H and O–H groups in total. The molecule has 2 heterocycles. The van der Waals surface area contributed by atoms with E-state index in [4.69, 9.17) is 0 Å². The first-order valence-electron chi connectivity index (χ1n) is 7.78. The summed E-state index contributed by atoms with van der Waals surface area (Å²) in [4.78, 5) is 20.4. The maximum atomic E-state index is 13.8. The highest BCUT2D eigenvalue weighted by Gasteiger charge is 2.32. The van der Waals surface area contributed by atoms with Crippen LogP contribution in [0.25, 0.3) is 0 Å². The first-order chi connectivity index (χ1) is 12.7. The summed E-state index contributed by atoms with van der Waals surface area (Å²) >= 11 is 1.18. The average molecular weight is 395 g/mol. The first kappa shape index (κ1) is 19.0. The van der Waals surface area contributed by atoms with Gasteiger partial charge in [0.25, 0.3) is 5.91 Å². The molecule has 0 aliphatic heterocycles. The van der Waals surface area contributed by atoms with Gasteiger partial charge in [0.15, 0.2) is 5.13 Å². The molecule has 0 saturated carbocycles. The first-order valence-corrected chi connectivity index (χ1v) is 8.60.